The van der Waals surface area contributed by atoms with Crippen LogP contribution in [0.1, 0.15) is 47.2 Å². The predicted octanol–water partition coefficient (Wildman–Crippen LogP) is 16.3. The first-order chi connectivity index (χ1) is 35.0. The van der Waals surface area contributed by atoms with Gasteiger partial charge in [0.2, 0.25) is 0 Å². The molecule has 4 nitrogen and oxygen atoms in total. The maximum Gasteiger partial charge on any atom is 0.164 e. The molecule has 2 aliphatic rings. The lowest BCUT2D eigenvalue weighted by atomic mass is 9.55. The number of nitrogens with zero attached hydrogens (tertiary/aromatic N) is 4. The highest BCUT2D eigenvalue weighted by atomic mass is 15.0. The fourth-order valence-corrected chi connectivity index (χ4v) is 12.1. The van der Waals surface area contributed by atoms with Gasteiger partial charge in [0.05, 0.1) is 16.4 Å². The van der Waals surface area contributed by atoms with E-state index in [1.54, 1.807) is 0 Å². The van der Waals surface area contributed by atoms with E-state index >= 15 is 0 Å². The molecule has 0 amide bonds. The van der Waals surface area contributed by atoms with Gasteiger partial charge >= 0.3 is 0 Å². The van der Waals surface area contributed by atoms with E-state index in [-0.39, 0.29) is 5.41 Å². The Labute approximate surface area is 413 Å². The zero-order chi connectivity index (χ0) is 47.3. The number of hydrogen-bond donors (Lipinski definition) is 0. The van der Waals surface area contributed by atoms with Crippen molar-refractivity contribution < 1.29 is 0 Å². The van der Waals surface area contributed by atoms with Gasteiger partial charge in [-0.25, -0.2) is 15.0 Å². The fourth-order valence-electron chi connectivity index (χ4n) is 12.1. The van der Waals surface area contributed by atoms with Gasteiger partial charge in [-0.3, -0.25) is 0 Å². The predicted molar refractivity (Wildman–Crippen MR) is 291 cm³/mol. The van der Waals surface area contributed by atoms with Gasteiger partial charge in [-0.15, -0.1) is 0 Å². The molecule has 0 N–H and O–H groups in total. The Morgan fingerprint density at radius 2 is 0.789 bits per heavy atom. The molecule has 2 heterocycles. The molecule has 0 fully saturated rings. The topological polar surface area (TPSA) is 43.6 Å². The van der Waals surface area contributed by atoms with Gasteiger partial charge in [0.1, 0.15) is 0 Å². The summed E-state index contributed by atoms with van der Waals surface area (Å²) in [6, 6.07) is 88.1. The molecule has 0 aliphatic heterocycles. The van der Waals surface area contributed by atoms with Crippen LogP contribution in [0.4, 0.5) is 0 Å². The molecular formula is C67H46N4. The standard InChI is InChI=1S/C67H46N4/c1-66(2)55-27-13-15-29-57(55)67(58-30-16-14-28-56(58)66)54-40-38-47(48-37-39-51-50-25-12-17-32-60(50)71(61(51)42-48)49-23-10-5-11-24-49)41-53(54)62-52(26-18-31-59(62)67)65-69-63(45-21-8-4-9-22-45)68-64(70-65)46-35-33-44(34-36-46)43-19-6-3-7-20-43/h3-42H,1-2H3. The lowest BCUT2D eigenvalue weighted by molar-refractivity contribution is 0.563. The molecule has 0 saturated carbocycles. The third-order valence-electron chi connectivity index (χ3n) is 15.4. The van der Waals surface area contributed by atoms with Gasteiger partial charge in [0.15, 0.2) is 17.5 Å². The van der Waals surface area contributed by atoms with Gasteiger partial charge in [0, 0.05) is 38.6 Å². The van der Waals surface area contributed by atoms with E-state index in [9.17, 15) is 0 Å². The van der Waals surface area contributed by atoms with E-state index in [1.165, 1.54) is 66.3 Å². The van der Waals surface area contributed by atoms with Crippen molar-refractivity contribution in [1.82, 2.24) is 19.5 Å². The summed E-state index contributed by atoms with van der Waals surface area (Å²) in [4.78, 5) is 16.1. The maximum atomic E-state index is 5.45. The van der Waals surface area contributed by atoms with E-state index in [1.807, 2.05) is 18.2 Å². The first kappa shape index (κ1) is 41.0. The van der Waals surface area contributed by atoms with Gasteiger partial charge in [-0.2, -0.15) is 0 Å². The van der Waals surface area contributed by atoms with E-state index in [0.717, 1.165) is 44.6 Å². The molecule has 12 aromatic rings. The Bertz CT molecular complexity index is 4010. The fraction of sp³-hybridized carbons (Fsp3) is 0.0597. The second-order valence-corrected chi connectivity index (χ2v) is 19.5. The summed E-state index contributed by atoms with van der Waals surface area (Å²) in [7, 11) is 0. The molecule has 4 heteroatoms. The molecule has 0 saturated heterocycles. The van der Waals surface area contributed by atoms with Crippen LogP contribution in [0.15, 0.2) is 243 Å². The SMILES string of the molecule is CC1(C)c2ccccc2C2(c3ccc(-c4ccc5c6ccccc6n(-c6ccccc6)c5c4)cc3-c3c(-c4nc(-c5ccccc5)nc(-c5ccc(-c6ccccc6)cc5)n4)cccc32)c2ccccc21. The Hall–Kier alpha value is -8.99. The van der Waals surface area contributed by atoms with Gasteiger partial charge < -0.3 is 4.57 Å². The molecule has 71 heavy (non-hydrogen) atoms. The van der Waals surface area contributed by atoms with E-state index in [2.05, 4.69) is 243 Å². The number of aromatic nitrogens is 4. The summed E-state index contributed by atoms with van der Waals surface area (Å²) >= 11 is 0. The second-order valence-electron chi connectivity index (χ2n) is 19.5. The summed E-state index contributed by atoms with van der Waals surface area (Å²) in [6.07, 6.45) is 0. The van der Waals surface area contributed by atoms with Crippen LogP contribution in [-0.2, 0) is 10.8 Å². The molecule has 1 spiro atoms. The molecule has 0 radical (unpaired) electrons. The lowest BCUT2D eigenvalue weighted by Gasteiger charge is -2.46. The molecule has 14 rings (SSSR count). The largest absolute Gasteiger partial charge is 0.309 e. The number of fused-ring (bicyclic) bond motifs is 12. The highest BCUT2D eigenvalue weighted by molar-refractivity contribution is 6.10. The smallest absolute Gasteiger partial charge is 0.164 e. The molecular weight excluding hydrogens is 861 g/mol. The van der Waals surface area contributed by atoms with E-state index < -0.39 is 5.41 Å². The van der Waals surface area contributed by atoms with Crippen LogP contribution >= 0.6 is 0 Å². The van der Waals surface area contributed by atoms with Gasteiger partial charge in [-0.1, -0.05) is 226 Å². The Morgan fingerprint density at radius 1 is 0.310 bits per heavy atom. The molecule has 10 aromatic carbocycles. The second kappa shape index (κ2) is 15.8. The highest BCUT2D eigenvalue weighted by Gasteiger charge is 2.54. The summed E-state index contributed by atoms with van der Waals surface area (Å²) in [5, 5.41) is 2.47. The number of hydrogen-bond acceptors (Lipinski definition) is 3. The molecule has 2 aromatic heterocycles. The van der Waals surface area contributed by atoms with Crippen molar-refractivity contribution in [2.75, 3.05) is 0 Å². The first-order valence-corrected chi connectivity index (χ1v) is 24.5. The first-order valence-electron chi connectivity index (χ1n) is 24.5. The summed E-state index contributed by atoms with van der Waals surface area (Å²) < 4.78 is 2.40. The van der Waals surface area contributed by atoms with Crippen LogP contribution < -0.4 is 0 Å². The van der Waals surface area contributed by atoms with Crippen LogP contribution in [0.5, 0.6) is 0 Å². The average molecular weight is 907 g/mol. The monoisotopic (exact) mass is 906 g/mol. The quantitative estimate of drug-likeness (QED) is 0.167. The number of para-hydroxylation sites is 2. The van der Waals surface area contributed by atoms with Crippen LogP contribution in [0.2, 0.25) is 0 Å². The Morgan fingerprint density at radius 3 is 1.48 bits per heavy atom. The summed E-state index contributed by atoms with van der Waals surface area (Å²) in [5.41, 5.74) is 20.2. The lowest BCUT2D eigenvalue weighted by Crippen LogP contribution is -2.40. The molecule has 0 bridgehead atoms. The van der Waals surface area contributed by atoms with Gasteiger partial charge in [-0.05, 0) is 97.1 Å². The molecule has 0 unspecified atom stereocenters. The minimum Gasteiger partial charge on any atom is -0.309 e. The normalized spacial score (nSPS) is 13.7. The number of benzene rings is 10. The summed E-state index contributed by atoms with van der Waals surface area (Å²) in [5.74, 6) is 1.90. The van der Waals surface area contributed by atoms with Crippen molar-refractivity contribution >= 4 is 21.8 Å². The molecule has 334 valence electrons. The third kappa shape index (κ3) is 6.14. The van der Waals surface area contributed by atoms with Crippen molar-refractivity contribution in [3.8, 4) is 73.2 Å². The molecule has 0 atom stereocenters. The van der Waals surface area contributed by atoms with Crippen LogP contribution in [-0.4, -0.2) is 19.5 Å². The average Bonchev–Trinajstić information content (AvgIpc) is 3.94. The van der Waals surface area contributed by atoms with E-state index in [4.69, 9.17) is 15.0 Å². The third-order valence-corrected chi connectivity index (χ3v) is 15.4. The minimum absolute atomic E-state index is 0.227. The van der Waals surface area contributed by atoms with Crippen LogP contribution in [0.25, 0.3) is 95.0 Å². The van der Waals surface area contributed by atoms with Crippen molar-refractivity contribution in [3.05, 3.63) is 276 Å². The number of rotatable bonds is 6. The zero-order valence-corrected chi connectivity index (χ0v) is 39.4. The Balaban J connectivity index is 1.04. The van der Waals surface area contributed by atoms with Gasteiger partial charge in [0.25, 0.3) is 0 Å². The van der Waals surface area contributed by atoms with Crippen molar-refractivity contribution in [1.29, 1.82) is 0 Å². The summed E-state index contributed by atoms with van der Waals surface area (Å²) in [6.45, 7) is 4.76. The molecule has 2 aliphatic carbocycles. The highest BCUT2D eigenvalue weighted by Crippen LogP contribution is 2.63. The van der Waals surface area contributed by atoms with E-state index in [0.29, 0.717) is 17.5 Å². The Kier molecular flexibility index (Phi) is 9.12. The van der Waals surface area contributed by atoms with Crippen molar-refractivity contribution in [3.63, 3.8) is 0 Å². The minimum atomic E-state index is -0.614. The maximum absolute atomic E-state index is 5.45. The van der Waals surface area contributed by atoms with Crippen LogP contribution in [0, 0.1) is 0 Å². The zero-order valence-electron chi connectivity index (χ0n) is 39.4. The van der Waals surface area contributed by atoms with Crippen LogP contribution in [0.3, 0.4) is 0 Å². The van der Waals surface area contributed by atoms with Crippen molar-refractivity contribution in [2.45, 2.75) is 24.7 Å². The van der Waals surface area contributed by atoms with Crippen molar-refractivity contribution in [2.24, 2.45) is 0 Å².